The maximum Gasteiger partial charge on any atom is 0.308 e. The lowest BCUT2D eigenvalue weighted by Gasteiger charge is -2.32. The van der Waals surface area contributed by atoms with Gasteiger partial charge in [-0.05, 0) is 42.8 Å². The molecule has 1 heterocycles. The second-order valence-corrected chi connectivity index (χ2v) is 5.68. The van der Waals surface area contributed by atoms with Crippen LogP contribution < -0.4 is 10.1 Å². The number of methoxy groups -OCH3 is 2. The first-order valence-corrected chi connectivity index (χ1v) is 7.78. The Bertz CT molecular complexity index is 511. The molecule has 0 aliphatic carbocycles. The van der Waals surface area contributed by atoms with Crippen molar-refractivity contribution in [1.82, 2.24) is 10.2 Å². The summed E-state index contributed by atoms with van der Waals surface area (Å²) < 4.78 is 9.93. The number of ether oxygens (including phenoxy) is 2. The topological polar surface area (TPSA) is 50.8 Å². The maximum absolute atomic E-state index is 11.5. The van der Waals surface area contributed by atoms with E-state index in [1.54, 1.807) is 7.11 Å². The van der Waals surface area contributed by atoms with E-state index in [-0.39, 0.29) is 11.9 Å². The average molecular weight is 322 g/mol. The van der Waals surface area contributed by atoms with Crippen LogP contribution in [0.25, 0.3) is 0 Å². The third-order valence-electron chi connectivity index (χ3n) is 3.92. The number of thiocarbonyl (C=S) groups is 1. The highest BCUT2D eigenvalue weighted by molar-refractivity contribution is 7.80. The van der Waals surface area contributed by atoms with Crippen LogP contribution in [0.1, 0.15) is 18.4 Å². The van der Waals surface area contributed by atoms with Crippen molar-refractivity contribution in [3.8, 4) is 5.75 Å². The van der Waals surface area contributed by atoms with E-state index in [0.29, 0.717) is 6.54 Å². The first kappa shape index (κ1) is 16.5. The molecule has 0 unspecified atom stereocenters. The van der Waals surface area contributed by atoms with Crippen LogP contribution >= 0.6 is 12.2 Å². The van der Waals surface area contributed by atoms with Crippen LogP contribution in [0.5, 0.6) is 5.75 Å². The summed E-state index contributed by atoms with van der Waals surface area (Å²) in [5, 5.41) is 4.00. The summed E-state index contributed by atoms with van der Waals surface area (Å²) in [5.74, 6) is 0.735. The normalized spacial score (nSPS) is 15.3. The van der Waals surface area contributed by atoms with E-state index in [1.165, 1.54) is 7.11 Å². The van der Waals surface area contributed by atoms with Crippen LogP contribution in [-0.2, 0) is 16.1 Å². The highest BCUT2D eigenvalue weighted by Gasteiger charge is 2.26. The van der Waals surface area contributed by atoms with Crippen molar-refractivity contribution in [2.45, 2.75) is 19.4 Å². The second-order valence-electron chi connectivity index (χ2n) is 5.29. The third kappa shape index (κ3) is 4.34. The quantitative estimate of drug-likeness (QED) is 0.675. The number of piperidine rings is 1. The molecule has 1 aromatic carbocycles. The fourth-order valence-electron chi connectivity index (χ4n) is 2.52. The lowest BCUT2D eigenvalue weighted by atomic mass is 9.97. The highest BCUT2D eigenvalue weighted by Crippen LogP contribution is 2.18. The van der Waals surface area contributed by atoms with Crippen molar-refractivity contribution in [3.05, 3.63) is 29.8 Å². The molecular weight excluding hydrogens is 300 g/mol. The number of nitrogens with zero attached hydrogens (tertiary/aromatic N) is 1. The molecule has 2 rings (SSSR count). The number of carbonyl (C=O) groups excluding carboxylic acids is 1. The molecule has 22 heavy (non-hydrogen) atoms. The third-order valence-corrected chi connectivity index (χ3v) is 4.32. The zero-order chi connectivity index (χ0) is 15.9. The largest absolute Gasteiger partial charge is 0.497 e. The van der Waals surface area contributed by atoms with E-state index >= 15 is 0 Å². The van der Waals surface area contributed by atoms with Gasteiger partial charge in [0.15, 0.2) is 5.11 Å². The summed E-state index contributed by atoms with van der Waals surface area (Å²) in [5.41, 5.74) is 1.15. The van der Waals surface area contributed by atoms with Crippen molar-refractivity contribution in [2.24, 2.45) is 5.92 Å². The Labute approximate surface area is 136 Å². The summed E-state index contributed by atoms with van der Waals surface area (Å²) in [6, 6.07) is 7.89. The summed E-state index contributed by atoms with van der Waals surface area (Å²) in [7, 11) is 3.09. The van der Waals surface area contributed by atoms with E-state index in [4.69, 9.17) is 21.7 Å². The Morgan fingerprint density at radius 1 is 1.27 bits per heavy atom. The molecule has 1 saturated heterocycles. The number of benzene rings is 1. The van der Waals surface area contributed by atoms with Crippen LogP contribution in [0.15, 0.2) is 24.3 Å². The minimum absolute atomic E-state index is 0.00522. The van der Waals surface area contributed by atoms with Crippen molar-refractivity contribution in [3.63, 3.8) is 0 Å². The minimum atomic E-state index is -0.114. The maximum atomic E-state index is 11.5. The molecule has 0 bridgehead atoms. The Morgan fingerprint density at radius 3 is 2.45 bits per heavy atom. The Hall–Kier alpha value is -1.82. The van der Waals surface area contributed by atoms with Gasteiger partial charge in [-0.3, -0.25) is 4.79 Å². The minimum Gasteiger partial charge on any atom is -0.497 e. The van der Waals surface area contributed by atoms with E-state index in [1.807, 2.05) is 24.3 Å². The molecule has 1 N–H and O–H groups in total. The highest BCUT2D eigenvalue weighted by atomic mass is 32.1. The second kappa shape index (κ2) is 7.98. The van der Waals surface area contributed by atoms with Gasteiger partial charge in [0.1, 0.15) is 5.75 Å². The van der Waals surface area contributed by atoms with Crippen LogP contribution in [0.2, 0.25) is 0 Å². The van der Waals surface area contributed by atoms with Gasteiger partial charge < -0.3 is 19.7 Å². The molecule has 1 fully saturated rings. The molecule has 1 aromatic rings. The smallest absolute Gasteiger partial charge is 0.308 e. The van der Waals surface area contributed by atoms with E-state index in [2.05, 4.69) is 10.2 Å². The zero-order valence-corrected chi connectivity index (χ0v) is 13.8. The first-order chi connectivity index (χ1) is 10.6. The molecule has 1 aliphatic heterocycles. The van der Waals surface area contributed by atoms with Crippen LogP contribution in [-0.4, -0.2) is 43.3 Å². The number of hydrogen-bond donors (Lipinski definition) is 1. The van der Waals surface area contributed by atoms with Gasteiger partial charge in [-0.15, -0.1) is 0 Å². The Balaban J connectivity index is 1.77. The molecule has 0 amide bonds. The van der Waals surface area contributed by atoms with Crippen LogP contribution in [0, 0.1) is 5.92 Å². The molecule has 6 heteroatoms. The fourth-order valence-corrected chi connectivity index (χ4v) is 2.77. The van der Waals surface area contributed by atoms with Crippen molar-refractivity contribution in [2.75, 3.05) is 27.3 Å². The summed E-state index contributed by atoms with van der Waals surface area (Å²) in [6.07, 6.45) is 1.58. The van der Waals surface area contributed by atoms with Gasteiger partial charge in [0.25, 0.3) is 0 Å². The molecule has 120 valence electrons. The van der Waals surface area contributed by atoms with E-state index < -0.39 is 0 Å². The number of rotatable bonds is 4. The molecule has 0 radical (unpaired) electrons. The zero-order valence-electron chi connectivity index (χ0n) is 13.0. The van der Waals surface area contributed by atoms with Gasteiger partial charge >= 0.3 is 5.97 Å². The number of nitrogens with one attached hydrogen (secondary N) is 1. The fraction of sp³-hybridized carbons (Fsp3) is 0.500. The predicted octanol–water partition coefficient (Wildman–Crippen LogP) is 1.95. The van der Waals surface area contributed by atoms with Gasteiger partial charge in [-0.25, -0.2) is 0 Å². The molecule has 0 saturated carbocycles. The first-order valence-electron chi connectivity index (χ1n) is 7.37. The Kier molecular flexibility index (Phi) is 6.00. The summed E-state index contributed by atoms with van der Waals surface area (Å²) >= 11 is 5.43. The molecule has 0 atom stereocenters. The molecule has 5 nitrogen and oxygen atoms in total. The molecule has 0 spiro atoms. The van der Waals surface area contributed by atoms with Gasteiger partial charge in [0, 0.05) is 19.6 Å². The molecule has 0 aromatic heterocycles. The van der Waals surface area contributed by atoms with Gasteiger partial charge in [0.05, 0.1) is 20.1 Å². The standard InChI is InChI=1S/C16H22N2O3S/c1-20-14-5-3-12(4-6-14)11-17-16(22)18-9-7-13(8-10-18)15(19)21-2/h3-6,13H,7-11H2,1-2H3,(H,17,22). The van der Waals surface area contributed by atoms with Crippen molar-refractivity contribution in [1.29, 1.82) is 0 Å². The lowest BCUT2D eigenvalue weighted by Crippen LogP contribution is -2.45. The average Bonchev–Trinajstić information content (AvgIpc) is 2.59. The summed E-state index contributed by atoms with van der Waals surface area (Å²) in [4.78, 5) is 13.6. The lowest BCUT2D eigenvalue weighted by molar-refractivity contribution is -0.146. The molecular formula is C16H22N2O3S. The van der Waals surface area contributed by atoms with Gasteiger partial charge in [0.2, 0.25) is 0 Å². The van der Waals surface area contributed by atoms with Crippen LogP contribution in [0.3, 0.4) is 0 Å². The van der Waals surface area contributed by atoms with E-state index in [9.17, 15) is 4.79 Å². The van der Waals surface area contributed by atoms with Crippen molar-refractivity contribution < 1.29 is 14.3 Å². The van der Waals surface area contributed by atoms with Crippen LogP contribution in [0.4, 0.5) is 0 Å². The number of hydrogen-bond acceptors (Lipinski definition) is 4. The monoisotopic (exact) mass is 322 g/mol. The van der Waals surface area contributed by atoms with Gasteiger partial charge in [-0.1, -0.05) is 12.1 Å². The molecule has 1 aliphatic rings. The van der Waals surface area contributed by atoms with Gasteiger partial charge in [-0.2, -0.15) is 0 Å². The van der Waals surface area contributed by atoms with E-state index in [0.717, 1.165) is 42.4 Å². The van der Waals surface area contributed by atoms with Crippen molar-refractivity contribution >= 4 is 23.3 Å². The SMILES string of the molecule is COC(=O)C1CCN(C(=S)NCc2ccc(OC)cc2)CC1. The number of likely N-dealkylation sites (tertiary alicyclic amines) is 1. The Morgan fingerprint density at radius 2 is 1.91 bits per heavy atom. The number of esters is 1. The predicted molar refractivity (Wildman–Crippen MR) is 88.7 cm³/mol. The summed E-state index contributed by atoms with van der Waals surface area (Å²) in [6.45, 7) is 2.25. The number of carbonyl (C=O) groups is 1.